The fourth-order valence-corrected chi connectivity index (χ4v) is 2.68. The SMILES string of the molecule is C=S1(=O)N=C(C)Nc2ccccc21. The molecule has 0 fully saturated rings. The molecule has 3 nitrogen and oxygen atoms in total. The summed E-state index contributed by atoms with van der Waals surface area (Å²) in [5.41, 5.74) is 0.843. The Morgan fingerprint density at radius 1 is 1.46 bits per heavy atom. The van der Waals surface area contributed by atoms with Crippen LogP contribution in [0.5, 0.6) is 0 Å². The number of amidine groups is 1. The van der Waals surface area contributed by atoms with Crippen LogP contribution in [-0.4, -0.2) is 15.9 Å². The highest BCUT2D eigenvalue weighted by atomic mass is 32.2. The highest BCUT2D eigenvalue weighted by Crippen LogP contribution is 2.26. The molecule has 68 valence electrons. The number of anilines is 1. The van der Waals surface area contributed by atoms with Crippen molar-refractivity contribution in [3.05, 3.63) is 24.3 Å². The maximum atomic E-state index is 11.9. The monoisotopic (exact) mass is 194 g/mol. The number of hydrogen-bond acceptors (Lipinski definition) is 2. The number of hydrogen-bond donors (Lipinski definition) is 1. The Morgan fingerprint density at radius 2 is 2.15 bits per heavy atom. The van der Waals surface area contributed by atoms with Crippen LogP contribution in [0, 0.1) is 0 Å². The van der Waals surface area contributed by atoms with Gasteiger partial charge in [-0.1, -0.05) is 12.1 Å². The second-order valence-electron chi connectivity index (χ2n) is 2.94. The van der Waals surface area contributed by atoms with Crippen molar-refractivity contribution in [2.24, 2.45) is 4.40 Å². The van der Waals surface area contributed by atoms with Crippen LogP contribution < -0.4 is 5.32 Å². The molecule has 0 radical (unpaired) electrons. The Bertz CT molecular complexity index is 474. The summed E-state index contributed by atoms with van der Waals surface area (Å²) in [4.78, 5) is 0.681. The van der Waals surface area contributed by atoms with Crippen molar-refractivity contribution < 1.29 is 4.21 Å². The molecule has 0 aromatic heterocycles. The van der Waals surface area contributed by atoms with Crippen molar-refractivity contribution in [3.63, 3.8) is 0 Å². The minimum absolute atomic E-state index is 0.652. The molecular formula is C9H10N2OS. The lowest BCUT2D eigenvalue weighted by Crippen LogP contribution is -2.18. The molecule has 0 bridgehead atoms. The van der Waals surface area contributed by atoms with Gasteiger partial charge in [0.05, 0.1) is 20.3 Å². The number of nitrogens with one attached hydrogen (secondary N) is 1. The van der Waals surface area contributed by atoms with E-state index in [4.69, 9.17) is 0 Å². The molecule has 1 aliphatic heterocycles. The molecule has 1 unspecified atom stereocenters. The molecule has 2 rings (SSSR count). The first-order valence-electron chi connectivity index (χ1n) is 3.89. The first-order valence-corrected chi connectivity index (χ1v) is 5.58. The van der Waals surface area contributed by atoms with Crippen molar-refractivity contribution in [2.75, 3.05) is 5.32 Å². The molecule has 0 amide bonds. The summed E-state index contributed by atoms with van der Waals surface area (Å²) in [6.45, 7) is 1.78. The van der Waals surface area contributed by atoms with Crippen LogP contribution in [0.15, 0.2) is 33.6 Å². The summed E-state index contributed by atoms with van der Waals surface area (Å²) in [6.07, 6.45) is 0. The molecule has 4 heteroatoms. The lowest BCUT2D eigenvalue weighted by atomic mass is 10.3. The van der Waals surface area contributed by atoms with E-state index < -0.39 is 9.71 Å². The van der Waals surface area contributed by atoms with Crippen LogP contribution in [0.2, 0.25) is 0 Å². The average Bonchev–Trinajstić information content (AvgIpc) is 2.02. The summed E-state index contributed by atoms with van der Waals surface area (Å²) in [5.74, 6) is 4.27. The Labute approximate surface area is 77.6 Å². The largest absolute Gasteiger partial charge is 0.342 e. The molecule has 0 aliphatic carbocycles. The normalized spacial score (nSPS) is 25.8. The lowest BCUT2D eigenvalue weighted by molar-refractivity contribution is 0.682. The van der Waals surface area contributed by atoms with Gasteiger partial charge in [0.1, 0.15) is 5.84 Å². The molecule has 0 spiro atoms. The molecule has 1 atom stereocenters. The molecule has 1 aliphatic rings. The van der Waals surface area contributed by atoms with Gasteiger partial charge < -0.3 is 5.32 Å². The summed E-state index contributed by atoms with van der Waals surface area (Å²) < 4.78 is 15.9. The molecule has 1 aromatic rings. The van der Waals surface area contributed by atoms with Gasteiger partial charge in [-0.05, 0) is 24.9 Å². The number of fused-ring (bicyclic) bond motifs is 1. The van der Waals surface area contributed by atoms with E-state index in [1.165, 1.54) is 0 Å². The molecule has 1 aromatic carbocycles. The fourth-order valence-electron chi connectivity index (χ4n) is 1.34. The molecule has 0 saturated carbocycles. The molecule has 1 heterocycles. The topological polar surface area (TPSA) is 41.5 Å². The maximum Gasteiger partial charge on any atom is 0.114 e. The Morgan fingerprint density at radius 3 is 2.92 bits per heavy atom. The predicted molar refractivity (Wildman–Crippen MR) is 56.7 cm³/mol. The first kappa shape index (κ1) is 8.31. The predicted octanol–water partition coefficient (Wildman–Crippen LogP) is 1.52. The second kappa shape index (κ2) is 2.60. The van der Waals surface area contributed by atoms with E-state index in [1.54, 1.807) is 13.0 Å². The van der Waals surface area contributed by atoms with Crippen LogP contribution in [0.4, 0.5) is 5.69 Å². The highest BCUT2D eigenvalue weighted by molar-refractivity contribution is 7.99. The van der Waals surface area contributed by atoms with E-state index >= 15 is 0 Å². The minimum Gasteiger partial charge on any atom is -0.342 e. The quantitative estimate of drug-likeness (QED) is 0.636. The van der Waals surface area contributed by atoms with Crippen molar-refractivity contribution in [1.29, 1.82) is 0 Å². The van der Waals surface area contributed by atoms with E-state index in [1.807, 2.05) is 18.2 Å². The van der Waals surface area contributed by atoms with Crippen LogP contribution in [0.1, 0.15) is 6.92 Å². The smallest absolute Gasteiger partial charge is 0.114 e. The van der Waals surface area contributed by atoms with Gasteiger partial charge in [0.15, 0.2) is 0 Å². The zero-order valence-electron chi connectivity index (χ0n) is 7.28. The highest BCUT2D eigenvalue weighted by Gasteiger charge is 2.16. The molecular weight excluding hydrogens is 184 g/mol. The van der Waals surface area contributed by atoms with Crippen LogP contribution in [-0.2, 0) is 9.71 Å². The van der Waals surface area contributed by atoms with Gasteiger partial charge in [-0.25, -0.2) is 4.21 Å². The fraction of sp³-hybridized carbons (Fsp3) is 0.111. The number of benzene rings is 1. The van der Waals surface area contributed by atoms with Gasteiger partial charge in [0.2, 0.25) is 0 Å². The third-order valence-corrected chi connectivity index (χ3v) is 3.44. The zero-order chi connectivity index (χ0) is 9.47. The average molecular weight is 194 g/mol. The Balaban J connectivity index is 2.73. The van der Waals surface area contributed by atoms with Gasteiger partial charge in [-0.15, -0.1) is 0 Å². The molecule has 1 N–H and O–H groups in total. The van der Waals surface area contributed by atoms with Gasteiger partial charge in [-0.3, -0.25) is 0 Å². The van der Waals surface area contributed by atoms with Gasteiger partial charge >= 0.3 is 0 Å². The lowest BCUT2D eigenvalue weighted by Gasteiger charge is -2.18. The number of para-hydroxylation sites is 1. The van der Waals surface area contributed by atoms with Crippen molar-refractivity contribution in [1.82, 2.24) is 0 Å². The van der Waals surface area contributed by atoms with E-state index in [-0.39, 0.29) is 0 Å². The number of nitrogens with zero attached hydrogens (tertiary/aromatic N) is 1. The first-order chi connectivity index (χ1) is 6.09. The van der Waals surface area contributed by atoms with Crippen molar-refractivity contribution in [2.45, 2.75) is 11.8 Å². The minimum atomic E-state index is -2.47. The van der Waals surface area contributed by atoms with E-state index in [2.05, 4.69) is 15.6 Å². The summed E-state index contributed by atoms with van der Waals surface area (Å²) in [7, 11) is -2.47. The van der Waals surface area contributed by atoms with Crippen molar-refractivity contribution in [3.8, 4) is 0 Å². The maximum absolute atomic E-state index is 11.9. The van der Waals surface area contributed by atoms with Crippen molar-refractivity contribution >= 4 is 27.1 Å². The van der Waals surface area contributed by atoms with Gasteiger partial charge in [0.25, 0.3) is 0 Å². The van der Waals surface area contributed by atoms with Gasteiger partial charge in [-0.2, -0.15) is 4.40 Å². The van der Waals surface area contributed by atoms with E-state index in [0.29, 0.717) is 10.7 Å². The summed E-state index contributed by atoms with van der Waals surface area (Å²) in [5, 5.41) is 3.05. The van der Waals surface area contributed by atoms with E-state index in [9.17, 15) is 4.21 Å². The zero-order valence-corrected chi connectivity index (χ0v) is 8.10. The third kappa shape index (κ3) is 1.33. The third-order valence-electron chi connectivity index (χ3n) is 1.83. The Hall–Kier alpha value is -1.29. The van der Waals surface area contributed by atoms with E-state index in [0.717, 1.165) is 5.69 Å². The van der Waals surface area contributed by atoms with Crippen LogP contribution in [0.25, 0.3) is 0 Å². The molecule has 13 heavy (non-hydrogen) atoms. The molecule has 0 saturated heterocycles. The standard InChI is InChI=1S/C9H10N2OS/c1-7-10-8-5-3-4-6-9(8)13(2,12)11-7/h3-6H,2H2,1H3,(H,10,11,12). The van der Waals surface area contributed by atoms with Crippen LogP contribution in [0.3, 0.4) is 0 Å². The summed E-state index contributed by atoms with van der Waals surface area (Å²) >= 11 is 0. The Kier molecular flexibility index (Phi) is 1.66. The van der Waals surface area contributed by atoms with Crippen LogP contribution >= 0.6 is 0 Å². The number of rotatable bonds is 0. The summed E-state index contributed by atoms with van der Waals surface area (Å²) in [6, 6.07) is 7.38. The second-order valence-corrected chi connectivity index (χ2v) is 4.84. The van der Waals surface area contributed by atoms with Gasteiger partial charge in [0, 0.05) is 0 Å².